The molecule has 40 heavy (non-hydrogen) atoms. The van der Waals surface area contributed by atoms with E-state index in [2.05, 4.69) is 22.9 Å². The van der Waals surface area contributed by atoms with Crippen LogP contribution >= 0.6 is 7.29 Å². The molecule has 0 aliphatic heterocycles. The van der Waals surface area contributed by atoms with Gasteiger partial charge in [0.25, 0.3) is 0 Å². The zero-order valence-electron chi connectivity index (χ0n) is 24.7. The van der Waals surface area contributed by atoms with Gasteiger partial charge < -0.3 is 18.8 Å². The van der Waals surface area contributed by atoms with E-state index in [1.165, 1.54) is 0 Å². The van der Waals surface area contributed by atoms with E-state index in [1.807, 2.05) is 94.4 Å². The van der Waals surface area contributed by atoms with E-state index in [4.69, 9.17) is 14.2 Å². The van der Waals surface area contributed by atoms with E-state index in [-0.39, 0.29) is 11.3 Å². The van der Waals surface area contributed by atoms with Crippen LogP contribution in [0.4, 0.5) is 0 Å². The van der Waals surface area contributed by atoms with Crippen LogP contribution in [0.2, 0.25) is 0 Å². The molecule has 0 spiro atoms. The first kappa shape index (κ1) is 31.4. The first-order valence-electron chi connectivity index (χ1n) is 13.9. The van der Waals surface area contributed by atoms with Gasteiger partial charge in [-0.2, -0.15) is 5.26 Å². The van der Waals surface area contributed by atoms with Gasteiger partial charge in [-0.3, -0.25) is 4.67 Å². The van der Waals surface area contributed by atoms with Crippen LogP contribution in [0.15, 0.2) is 78.9 Å². The van der Waals surface area contributed by atoms with Crippen LogP contribution < -0.4 is 9.47 Å². The molecular weight excluding hydrogens is 519 g/mol. The molecule has 0 aliphatic carbocycles. The first-order chi connectivity index (χ1) is 19.2. The molecule has 0 aromatic heterocycles. The third-order valence-corrected chi connectivity index (χ3v) is 11.7. The Morgan fingerprint density at radius 1 is 0.775 bits per heavy atom. The van der Waals surface area contributed by atoms with Crippen LogP contribution in [0.5, 0.6) is 11.5 Å². The average Bonchev–Trinajstić information content (AvgIpc) is 2.99. The van der Waals surface area contributed by atoms with Gasteiger partial charge in [0.2, 0.25) is 0 Å². The molecule has 0 aliphatic rings. The van der Waals surface area contributed by atoms with Crippen molar-refractivity contribution in [3.05, 3.63) is 95.6 Å². The van der Waals surface area contributed by atoms with Crippen molar-refractivity contribution >= 4 is 7.29 Å². The molecule has 7 heteroatoms. The van der Waals surface area contributed by atoms with Crippen LogP contribution in [0.3, 0.4) is 0 Å². The molecule has 0 atom stereocenters. The predicted molar refractivity (Wildman–Crippen MR) is 163 cm³/mol. The van der Waals surface area contributed by atoms with Gasteiger partial charge >= 0.3 is 0 Å². The van der Waals surface area contributed by atoms with Gasteiger partial charge in [-0.15, -0.1) is 0 Å². The molecule has 3 aromatic rings. The van der Waals surface area contributed by atoms with Crippen LogP contribution in [-0.4, -0.2) is 49.9 Å². The Morgan fingerprint density at radius 2 is 1.25 bits per heavy atom. The second-order valence-electron chi connectivity index (χ2n) is 10.4. The molecular formula is C33H43N2O4P. The number of hydrogen-bond donors (Lipinski definition) is 0. The fraction of sp³-hybridized carbons (Fsp3) is 0.424. The molecule has 3 aromatic carbocycles. The molecule has 6 nitrogen and oxygen atoms in total. The largest absolute Gasteiger partial charge is 0.497 e. The lowest BCUT2D eigenvalue weighted by molar-refractivity contribution is 0.00997. The van der Waals surface area contributed by atoms with Gasteiger partial charge in [0.05, 0.1) is 20.3 Å². The fourth-order valence-electron chi connectivity index (χ4n) is 5.40. The van der Waals surface area contributed by atoms with Crippen molar-refractivity contribution in [1.29, 1.82) is 5.26 Å². The highest BCUT2D eigenvalue weighted by molar-refractivity contribution is 7.62. The van der Waals surface area contributed by atoms with E-state index in [9.17, 15) is 9.83 Å². The van der Waals surface area contributed by atoms with E-state index in [0.29, 0.717) is 32.5 Å². The van der Waals surface area contributed by atoms with Gasteiger partial charge in [-0.1, -0.05) is 82.3 Å². The Hall–Kier alpha value is -3.10. The third kappa shape index (κ3) is 6.78. The first-order valence-corrected chi connectivity index (χ1v) is 15.7. The summed E-state index contributed by atoms with van der Waals surface area (Å²) in [5.74, 6) is 1.54. The van der Waals surface area contributed by atoms with Crippen molar-refractivity contribution in [2.45, 2.75) is 57.5 Å². The van der Waals surface area contributed by atoms with Crippen molar-refractivity contribution in [3.63, 3.8) is 0 Å². The third-order valence-electron chi connectivity index (χ3n) is 7.46. The van der Waals surface area contributed by atoms with E-state index in [1.54, 1.807) is 14.2 Å². The normalized spacial score (nSPS) is 12.1. The monoisotopic (exact) mass is 562 g/mol. The summed E-state index contributed by atoms with van der Waals surface area (Å²) in [4.78, 5) is 0. The Balaban J connectivity index is 2.01. The zero-order chi connectivity index (χ0) is 29.2. The highest BCUT2D eigenvalue weighted by atomic mass is 31.2. The van der Waals surface area contributed by atoms with E-state index in [0.717, 1.165) is 28.2 Å². The summed E-state index contributed by atoms with van der Waals surface area (Å²) in [6, 6.07) is 28.4. The van der Waals surface area contributed by atoms with Gasteiger partial charge in [0.15, 0.2) is 7.29 Å². The Labute approximate surface area is 240 Å². The summed E-state index contributed by atoms with van der Waals surface area (Å²) >= 11 is 0. The minimum atomic E-state index is -2.68. The fourth-order valence-corrected chi connectivity index (χ4v) is 8.77. The quantitative estimate of drug-likeness (QED) is 0.107. The molecule has 0 heterocycles. The Kier molecular flexibility index (Phi) is 11.4. The van der Waals surface area contributed by atoms with Crippen molar-refractivity contribution in [3.8, 4) is 17.6 Å². The minimum absolute atomic E-state index is 0.00844. The molecule has 0 unspecified atom stereocenters. The number of rotatable bonds is 15. The highest BCUT2D eigenvalue weighted by Gasteiger charge is 2.39. The van der Waals surface area contributed by atoms with Crippen LogP contribution in [-0.2, 0) is 14.9 Å². The second kappa shape index (κ2) is 14.5. The number of benzene rings is 3. The SMILES string of the molecule is COc1ccc(C(OCCCN(CCC#N)P(=O)(C(C)C)C(C)C)(c2ccccc2)c2ccc(OC)cc2)cc1. The minimum Gasteiger partial charge on any atom is -0.497 e. The van der Waals surface area contributed by atoms with Gasteiger partial charge in [-0.25, -0.2) is 0 Å². The molecule has 0 N–H and O–H groups in total. The molecule has 0 saturated carbocycles. The number of nitrogens with zero attached hydrogens (tertiary/aromatic N) is 2. The van der Waals surface area contributed by atoms with E-state index < -0.39 is 12.9 Å². The van der Waals surface area contributed by atoms with Gasteiger partial charge in [0, 0.05) is 37.4 Å². The van der Waals surface area contributed by atoms with Gasteiger partial charge in [0.1, 0.15) is 17.1 Å². The summed E-state index contributed by atoms with van der Waals surface area (Å²) in [5.41, 5.74) is 2.07. The van der Waals surface area contributed by atoms with Crippen molar-refractivity contribution in [2.75, 3.05) is 33.9 Å². The maximum Gasteiger partial charge on any atom is 0.155 e. The maximum atomic E-state index is 14.1. The maximum absolute atomic E-state index is 14.1. The van der Waals surface area contributed by atoms with Crippen LogP contribution in [0.1, 0.15) is 57.2 Å². The molecule has 0 amide bonds. The lowest BCUT2D eigenvalue weighted by Gasteiger charge is -2.38. The smallest absolute Gasteiger partial charge is 0.155 e. The topological polar surface area (TPSA) is 71.8 Å². The molecule has 0 fully saturated rings. The van der Waals surface area contributed by atoms with Crippen molar-refractivity contribution in [2.24, 2.45) is 0 Å². The number of methoxy groups -OCH3 is 2. The van der Waals surface area contributed by atoms with E-state index >= 15 is 0 Å². The Morgan fingerprint density at radius 3 is 1.68 bits per heavy atom. The zero-order valence-corrected chi connectivity index (χ0v) is 25.6. The lowest BCUT2D eigenvalue weighted by atomic mass is 9.80. The molecule has 0 radical (unpaired) electrons. The van der Waals surface area contributed by atoms with Crippen LogP contribution in [0.25, 0.3) is 0 Å². The predicted octanol–water partition coefficient (Wildman–Crippen LogP) is 7.71. The summed E-state index contributed by atoms with van der Waals surface area (Å²) in [6.07, 6.45) is 1.01. The summed E-state index contributed by atoms with van der Waals surface area (Å²) in [7, 11) is 0.637. The number of nitriles is 1. The molecule has 214 valence electrons. The molecule has 0 bridgehead atoms. The highest BCUT2D eigenvalue weighted by Crippen LogP contribution is 2.58. The van der Waals surface area contributed by atoms with Crippen molar-refractivity contribution in [1.82, 2.24) is 4.67 Å². The summed E-state index contributed by atoms with van der Waals surface area (Å²) < 4.78 is 34.0. The summed E-state index contributed by atoms with van der Waals surface area (Å²) in [6.45, 7) is 9.58. The second-order valence-corrected chi connectivity index (χ2v) is 14.4. The standard InChI is InChI=1S/C33H43N2O4P/c1-26(2)40(36,27(3)4)35(23-10-22-34)24-11-25-39-33(28-12-8-7-9-13-28,29-14-18-31(37-5)19-15-29)30-16-20-32(38-6)21-17-30/h7-9,12-21,26-27H,10-11,23-25H2,1-6H3. The lowest BCUT2D eigenvalue weighted by Crippen LogP contribution is -2.35. The van der Waals surface area contributed by atoms with Crippen molar-refractivity contribution < 1.29 is 18.8 Å². The Bertz CT molecular complexity index is 1210. The molecule has 3 rings (SSSR count). The van der Waals surface area contributed by atoms with Gasteiger partial charge in [-0.05, 0) is 47.4 Å². The summed E-state index contributed by atoms with van der Waals surface area (Å²) in [5, 5.41) is 9.28. The molecule has 0 saturated heterocycles. The average molecular weight is 563 g/mol. The number of hydrogen-bond acceptors (Lipinski definition) is 5. The van der Waals surface area contributed by atoms with Crippen LogP contribution in [0, 0.1) is 11.3 Å². The number of ether oxygens (including phenoxy) is 3.